The molecule has 1 aromatic carbocycles. The van der Waals surface area contributed by atoms with Gasteiger partial charge in [0.05, 0.1) is 13.7 Å². The van der Waals surface area contributed by atoms with Gasteiger partial charge in [-0.05, 0) is 37.0 Å². The van der Waals surface area contributed by atoms with Crippen LogP contribution in [0.2, 0.25) is 0 Å². The van der Waals surface area contributed by atoms with E-state index >= 15 is 0 Å². The van der Waals surface area contributed by atoms with Gasteiger partial charge in [0.1, 0.15) is 5.75 Å². The number of benzene rings is 1. The highest BCUT2D eigenvalue weighted by Crippen LogP contribution is 2.38. The van der Waals surface area contributed by atoms with Crippen molar-refractivity contribution in [3.63, 3.8) is 0 Å². The highest BCUT2D eigenvalue weighted by atomic mass is 16.5. The van der Waals surface area contributed by atoms with Gasteiger partial charge in [-0.2, -0.15) is 0 Å². The molecule has 1 atom stereocenters. The third-order valence-corrected chi connectivity index (χ3v) is 4.74. The molecule has 0 aliphatic carbocycles. The number of hydrogen-bond donors (Lipinski definition) is 0. The second kappa shape index (κ2) is 6.06. The van der Waals surface area contributed by atoms with Gasteiger partial charge in [-0.3, -0.25) is 4.79 Å². The Bertz CT molecular complexity index is 509. The van der Waals surface area contributed by atoms with E-state index < -0.39 is 0 Å². The number of methoxy groups -OCH3 is 1. The van der Waals surface area contributed by atoms with Crippen LogP contribution >= 0.6 is 0 Å². The maximum absolute atomic E-state index is 12.1. The molecule has 4 nitrogen and oxygen atoms in total. The fourth-order valence-corrected chi connectivity index (χ4v) is 3.37. The second-order valence-corrected chi connectivity index (χ2v) is 6.22. The number of carbonyl (C=O) groups excluding carboxylic acids is 1. The quantitative estimate of drug-likeness (QED) is 0.853. The Hall–Kier alpha value is -1.55. The Morgan fingerprint density at radius 2 is 2.29 bits per heavy atom. The van der Waals surface area contributed by atoms with Gasteiger partial charge in [0, 0.05) is 31.5 Å². The van der Waals surface area contributed by atoms with Crippen LogP contribution in [-0.2, 0) is 16.0 Å². The molecule has 1 aromatic rings. The first-order valence-electron chi connectivity index (χ1n) is 7.69. The van der Waals surface area contributed by atoms with Crippen molar-refractivity contribution in [2.75, 3.05) is 33.4 Å². The van der Waals surface area contributed by atoms with E-state index in [0.29, 0.717) is 6.42 Å². The summed E-state index contributed by atoms with van der Waals surface area (Å²) in [5, 5.41) is 0. The van der Waals surface area contributed by atoms with Crippen molar-refractivity contribution in [2.24, 2.45) is 5.41 Å². The van der Waals surface area contributed by atoms with Crippen molar-refractivity contribution in [3.8, 4) is 5.75 Å². The van der Waals surface area contributed by atoms with Gasteiger partial charge in [0.25, 0.3) is 0 Å². The van der Waals surface area contributed by atoms with Crippen molar-refractivity contribution < 1.29 is 14.3 Å². The summed E-state index contributed by atoms with van der Waals surface area (Å²) in [5.41, 5.74) is 1.44. The highest BCUT2D eigenvalue weighted by molar-refractivity contribution is 5.77. The number of amides is 1. The molecule has 0 bridgehead atoms. The van der Waals surface area contributed by atoms with E-state index in [4.69, 9.17) is 9.47 Å². The van der Waals surface area contributed by atoms with Crippen molar-refractivity contribution in [1.29, 1.82) is 0 Å². The lowest BCUT2D eigenvalue weighted by atomic mass is 9.79. The summed E-state index contributed by atoms with van der Waals surface area (Å²) in [6.45, 7) is 3.30. The monoisotopic (exact) mass is 289 g/mol. The Balaban J connectivity index is 1.61. The molecule has 2 heterocycles. The standard InChI is InChI=1S/C17H23NO3/c1-20-15-4-2-3-14(11-15)6-9-18-12-17(7-5-16(18)19)8-10-21-13-17/h2-4,11H,5-10,12-13H2,1H3/t17-/m0/s1. The zero-order valence-corrected chi connectivity index (χ0v) is 12.6. The van der Waals surface area contributed by atoms with Gasteiger partial charge in [0.15, 0.2) is 0 Å². The molecule has 2 saturated heterocycles. The van der Waals surface area contributed by atoms with E-state index in [1.54, 1.807) is 7.11 Å². The average molecular weight is 289 g/mol. The molecule has 0 saturated carbocycles. The molecule has 0 unspecified atom stereocenters. The van der Waals surface area contributed by atoms with Gasteiger partial charge < -0.3 is 14.4 Å². The molecule has 0 N–H and O–H groups in total. The van der Waals surface area contributed by atoms with Crippen molar-refractivity contribution >= 4 is 5.91 Å². The molecule has 1 spiro atoms. The molecular formula is C17H23NO3. The summed E-state index contributed by atoms with van der Waals surface area (Å²) in [6, 6.07) is 8.08. The van der Waals surface area contributed by atoms with E-state index in [2.05, 4.69) is 6.07 Å². The van der Waals surface area contributed by atoms with Crippen LogP contribution in [0.15, 0.2) is 24.3 Å². The normalized spacial score (nSPS) is 25.6. The Kier molecular flexibility index (Phi) is 4.15. The molecule has 3 rings (SSSR count). The zero-order chi connectivity index (χ0) is 14.7. The first kappa shape index (κ1) is 14.4. The minimum absolute atomic E-state index is 0.224. The summed E-state index contributed by atoms with van der Waals surface area (Å²) in [6.07, 6.45) is 3.62. The van der Waals surface area contributed by atoms with E-state index in [9.17, 15) is 4.79 Å². The highest BCUT2D eigenvalue weighted by Gasteiger charge is 2.41. The number of ether oxygens (including phenoxy) is 2. The minimum atomic E-state index is 0.224. The molecule has 0 aromatic heterocycles. The van der Waals surface area contributed by atoms with Crippen molar-refractivity contribution in [1.82, 2.24) is 4.90 Å². The first-order chi connectivity index (χ1) is 10.2. The van der Waals surface area contributed by atoms with Gasteiger partial charge in [0.2, 0.25) is 5.91 Å². The van der Waals surface area contributed by atoms with E-state index in [1.165, 1.54) is 5.56 Å². The molecule has 2 fully saturated rings. The number of carbonyl (C=O) groups is 1. The van der Waals surface area contributed by atoms with Crippen LogP contribution in [0.3, 0.4) is 0 Å². The second-order valence-electron chi connectivity index (χ2n) is 6.22. The third-order valence-electron chi connectivity index (χ3n) is 4.74. The van der Waals surface area contributed by atoms with Crippen molar-refractivity contribution in [2.45, 2.75) is 25.7 Å². The Labute approximate surface area is 126 Å². The maximum atomic E-state index is 12.1. The largest absolute Gasteiger partial charge is 0.497 e. The van der Waals surface area contributed by atoms with Gasteiger partial charge >= 0.3 is 0 Å². The van der Waals surface area contributed by atoms with Crippen LogP contribution in [0.25, 0.3) is 0 Å². The van der Waals surface area contributed by atoms with E-state index in [-0.39, 0.29) is 11.3 Å². The maximum Gasteiger partial charge on any atom is 0.222 e. The molecule has 2 aliphatic rings. The van der Waals surface area contributed by atoms with Crippen LogP contribution in [-0.4, -0.2) is 44.2 Å². The summed E-state index contributed by atoms with van der Waals surface area (Å²) >= 11 is 0. The molecule has 114 valence electrons. The average Bonchev–Trinajstić information content (AvgIpc) is 2.97. The lowest BCUT2D eigenvalue weighted by Gasteiger charge is -2.39. The molecule has 21 heavy (non-hydrogen) atoms. The lowest BCUT2D eigenvalue weighted by molar-refractivity contribution is -0.137. The minimum Gasteiger partial charge on any atom is -0.497 e. The fourth-order valence-electron chi connectivity index (χ4n) is 3.37. The smallest absolute Gasteiger partial charge is 0.222 e. The summed E-state index contributed by atoms with van der Waals surface area (Å²) < 4.78 is 10.8. The number of rotatable bonds is 4. The zero-order valence-electron chi connectivity index (χ0n) is 12.6. The lowest BCUT2D eigenvalue weighted by Crippen LogP contribution is -2.47. The number of hydrogen-bond acceptors (Lipinski definition) is 3. The van der Waals surface area contributed by atoms with Crippen LogP contribution in [0.5, 0.6) is 5.75 Å². The summed E-state index contributed by atoms with van der Waals surface area (Å²) in [7, 11) is 1.68. The topological polar surface area (TPSA) is 38.8 Å². The molecule has 0 radical (unpaired) electrons. The Morgan fingerprint density at radius 3 is 3.05 bits per heavy atom. The predicted molar refractivity (Wildman–Crippen MR) is 80.4 cm³/mol. The molecule has 4 heteroatoms. The number of nitrogens with zero attached hydrogens (tertiary/aromatic N) is 1. The molecule has 1 amide bonds. The fraction of sp³-hybridized carbons (Fsp3) is 0.588. The van der Waals surface area contributed by atoms with Gasteiger partial charge in [-0.25, -0.2) is 0 Å². The van der Waals surface area contributed by atoms with Crippen LogP contribution in [0, 0.1) is 5.41 Å². The third kappa shape index (κ3) is 3.21. The molecular weight excluding hydrogens is 266 g/mol. The summed E-state index contributed by atoms with van der Waals surface area (Å²) in [5.74, 6) is 1.16. The van der Waals surface area contributed by atoms with Gasteiger partial charge in [-0.1, -0.05) is 12.1 Å². The van der Waals surface area contributed by atoms with Crippen LogP contribution in [0.4, 0.5) is 0 Å². The number of likely N-dealkylation sites (tertiary alicyclic amines) is 1. The first-order valence-corrected chi connectivity index (χ1v) is 7.69. The van der Waals surface area contributed by atoms with Gasteiger partial charge in [-0.15, -0.1) is 0 Å². The number of piperidine rings is 1. The summed E-state index contributed by atoms with van der Waals surface area (Å²) in [4.78, 5) is 14.2. The van der Waals surface area contributed by atoms with E-state index in [1.807, 2.05) is 23.1 Å². The Morgan fingerprint density at radius 1 is 1.38 bits per heavy atom. The predicted octanol–water partition coefficient (Wildman–Crippen LogP) is 2.27. The van der Waals surface area contributed by atoms with E-state index in [0.717, 1.165) is 51.3 Å². The SMILES string of the molecule is COc1cccc(CCN2C[C@@]3(CCOC3)CCC2=O)c1. The van der Waals surface area contributed by atoms with Crippen molar-refractivity contribution in [3.05, 3.63) is 29.8 Å². The van der Waals surface area contributed by atoms with Crippen LogP contribution < -0.4 is 4.74 Å². The van der Waals surface area contributed by atoms with Crippen LogP contribution in [0.1, 0.15) is 24.8 Å². The molecule has 2 aliphatic heterocycles.